The second kappa shape index (κ2) is 5.87. The number of nitrogens with zero attached hydrogens (tertiary/aromatic N) is 1. The predicted octanol–water partition coefficient (Wildman–Crippen LogP) is 1.12. The van der Waals surface area contributed by atoms with Gasteiger partial charge in [0.1, 0.15) is 0 Å². The average molecular weight is 277 g/mol. The Bertz CT molecular complexity index is 327. The molecule has 0 radical (unpaired) electrons. The zero-order valence-corrected chi connectivity index (χ0v) is 10.2. The van der Waals surface area contributed by atoms with Crippen molar-refractivity contribution in [1.82, 2.24) is 10.5 Å². The molecule has 1 heterocycles. The summed E-state index contributed by atoms with van der Waals surface area (Å²) < 4.78 is 9.72. The number of aromatic nitrogens is 1. The van der Waals surface area contributed by atoms with Crippen LogP contribution in [0.25, 0.3) is 0 Å². The van der Waals surface area contributed by atoms with Crippen LogP contribution in [0.4, 0.5) is 0 Å². The highest BCUT2D eigenvalue weighted by Gasteiger charge is 2.12. The summed E-state index contributed by atoms with van der Waals surface area (Å²) in [7, 11) is 1.61. The third-order valence-electron chi connectivity index (χ3n) is 1.68. The van der Waals surface area contributed by atoms with Gasteiger partial charge < -0.3 is 14.6 Å². The molecule has 84 valence electrons. The van der Waals surface area contributed by atoms with Crippen molar-refractivity contribution in [3.63, 3.8) is 0 Å². The number of halogens is 1. The molecule has 0 aliphatic carbocycles. The van der Waals surface area contributed by atoms with Crippen LogP contribution in [0.15, 0.2) is 10.6 Å². The molecule has 1 atom stereocenters. The molecule has 6 heteroatoms. The Kier molecular flexibility index (Phi) is 4.77. The quantitative estimate of drug-likeness (QED) is 0.819. The first-order chi connectivity index (χ1) is 7.13. The van der Waals surface area contributed by atoms with E-state index in [1.54, 1.807) is 20.1 Å². The lowest BCUT2D eigenvalue weighted by Gasteiger charge is -2.08. The van der Waals surface area contributed by atoms with Gasteiger partial charge in [-0.2, -0.15) is 0 Å². The fraction of sp³-hybridized carbons (Fsp3) is 0.556. The molecule has 1 aromatic rings. The number of amides is 1. The number of aryl methyl sites for hydroxylation is 1. The third kappa shape index (κ3) is 4.01. The molecule has 1 N–H and O–H groups in total. The fourth-order valence-electron chi connectivity index (χ4n) is 1.00. The van der Waals surface area contributed by atoms with Crippen LogP contribution < -0.4 is 5.32 Å². The Balaban J connectivity index is 2.36. The highest BCUT2D eigenvalue weighted by molar-refractivity contribution is 9.09. The van der Waals surface area contributed by atoms with Crippen molar-refractivity contribution in [2.24, 2.45) is 0 Å². The van der Waals surface area contributed by atoms with Crippen LogP contribution in [0.2, 0.25) is 0 Å². The van der Waals surface area contributed by atoms with Crippen LogP contribution in [-0.2, 0) is 4.74 Å². The van der Waals surface area contributed by atoms with E-state index in [4.69, 9.17) is 9.26 Å². The molecular weight excluding hydrogens is 264 g/mol. The van der Waals surface area contributed by atoms with Crippen LogP contribution in [-0.4, -0.2) is 36.2 Å². The minimum absolute atomic E-state index is 0.0930. The van der Waals surface area contributed by atoms with Crippen molar-refractivity contribution >= 4 is 21.8 Å². The van der Waals surface area contributed by atoms with Gasteiger partial charge in [0.15, 0.2) is 0 Å². The summed E-state index contributed by atoms with van der Waals surface area (Å²) in [5, 5.41) is 6.33. The maximum atomic E-state index is 11.5. The van der Waals surface area contributed by atoms with Gasteiger partial charge >= 0.3 is 0 Å². The predicted molar refractivity (Wildman–Crippen MR) is 58.2 cm³/mol. The highest BCUT2D eigenvalue weighted by atomic mass is 79.9. The molecular formula is C9H13BrN2O3. The van der Waals surface area contributed by atoms with Gasteiger partial charge in [-0.25, -0.2) is 0 Å². The molecule has 1 amide bonds. The van der Waals surface area contributed by atoms with Gasteiger partial charge in [-0.15, -0.1) is 0 Å². The van der Waals surface area contributed by atoms with Gasteiger partial charge in [-0.05, 0) is 6.92 Å². The average Bonchev–Trinajstić information content (AvgIpc) is 2.62. The molecule has 0 bridgehead atoms. The van der Waals surface area contributed by atoms with Crippen molar-refractivity contribution in [3.05, 3.63) is 17.5 Å². The zero-order chi connectivity index (χ0) is 11.3. The normalized spacial score (nSPS) is 12.5. The Morgan fingerprint density at radius 3 is 3.07 bits per heavy atom. The Labute approximate surface area is 96.3 Å². The van der Waals surface area contributed by atoms with Crippen molar-refractivity contribution < 1.29 is 14.1 Å². The summed E-state index contributed by atoms with van der Waals surface area (Å²) in [5.74, 6) is -0.0410. The minimum Gasteiger partial charge on any atom is -0.383 e. The molecule has 0 aromatic carbocycles. The SMILES string of the molecule is COCC(Br)CNC(=O)c1cc(C)no1. The minimum atomic E-state index is -0.267. The lowest BCUT2D eigenvalue weighted by Crippen LogP contribution is -2.31. The number of hydrogen-bond donors (Lipinski definition) is 1. The summed E-state index contributed by atoms with van der Waals surface area (Å²) in [5.41, 5.74) is 0.687. The lowest BCUT2D eigenvalue weighted by atomic mass is 10.3. The van der Waals surface area contributed by atoms with Gasteiger partial charge in [0, 0.05) is 19.7 Å². The zero-order valence-electron chi connectivity index (χ0n) is 8.62. The maximum absolute atomic E-state index is 11.5. The maximum Gasteiger partial charge on any atom is 0.289 e. The monoisotopic (exact) mass is 276 g/mol. The van der Waals surface area contributed by atoms with E-state index in [2.05, 4.69) is 26.4 Å². The molecule has 0 saturated heterocycles. The van der Waals surface area contributed by atoms with Gasteiger partial charge in [-0.3, -0.25) is 4.79 Å². The number of carbonyl (C=O) groups excluding carboxylic acids is 1. The summed E-state index contributed by atoms with van der Waals surface area (Å²) in [6.45, 7) is 2.78. The van der Waals surface area contributed by atoms with Crippen LogP contribution >= 0.6 is 15.9 Å². The third-order valence-corrected chi connectivity index (χ3v) is 2.27. The number of ether oxygens (including phenoxy) is 1. The number of hydrogen-bond acceptors (Lipinski definition) is 4. The lowest BCUT2D eigenvalue weighted by molar-refractivity contribution is 0.0913. The second-order valence-electron chi connectivity index (χ2n) is 3.10. The number of carbonyl (C=O) groups is 1. The molecule has 5 nitrogen and oxygen atoms in total. The second-order valence-corrected chi connectivity index (χ2v) is 4.39. The van der Waals surface area contributed by atoms with Crippen LogP contribution in [0.1, 0.15) is 16.2 Å². The standard InChI is InChI=1S/C9H13BrN2O3/c1-6-3-8(15-12-6)9(13)11-4-7(10)5-14-2/h3,7H,4-5H2,1-2H3,(H,11,13). The highest BCUT2D eigenvalue weighted by Crippen LogP contribution is 2.03. The van der Waals surface area contributed by atoms with Gasteiger partial charge in [-0.1, -0.05) is 21.1 Å². The molecule has 1 unspecified atom stereocenters. The van der Waals surface area contributed by atoms with Crippen molar-refractivity contribution in [2.45, 2.75) is 11.8 Å². The Hall–Kier alpha value is -0.880. The smallest absolute Gasteiger partial charge is 0.289 e. The Morgan fingerprint density at radius 1 is 1.80 bits per heavy atom. The van der Waals surface area contributed by atoms with E-state index >= 15 is 0 Å². The molecule has 0 saturated carbocycles. The molecule has 0 aliphatic heterocycles. The molecule has 0 aliphatic rings. The van der Waals surface area contributed by atoms with E-state index < -0.39 is 0 Å². The first-order valence-electron chi connectivity index (χ1n) is 4.48. The topological polar surface area (TPSA) is 64.4 Å². The van der Waals surface area contributed by atoms with E-state index in [1.165, 1.54) is 0 Å². The molecule has 0 fully saturated rings. The van der Waals surface area contributed by atoms with Crippen LogP contribution in [0.3, 0.4) is 0 Å². The number of methoxy groups -OCH3 is 1. The van der Waals surface area contributed by atoms with Gasteiger partial charge in [0.2, 0.25) is 5.76 Å². The number of rotatable bonds is 5. The van der Waals surface area contributed by atoms with E-state index in [0.717, 1.165) is 0 Å². The summed E-state index contributed by atoms with van der Waals surface area (Å²) >= 11 is 3.36. The van der Waals surface area contributed by atoms with E-state index in [9.17, 15) is 4.79 Å². The van der Waals surface area contributed by atoms with Crippen LogP contribution in [0.5, 0.6) is 0 Å². The molecule has 15 heavy (non-hydrogen) atoms. The van der Waals surface area contributed by atoms with E-state index in [0.29, 0.717) is 18.8 Å². The van der Waals surface area contributed by atoms with E-state index in [1.807, 2.05) is 0 Å². The summed E-state index contributed by atoms with van der Waals surface area (Å²) in [4.78, 5) is 11.6. The first-order valence-corrected chi connectivity index (χ1v) is 5.39. The first kappa shape index (κ1) is 12.2. The van der Waals surface area contributed by atoms with E-state index in [-0.39, 0.29) is 16.5 Å². The van der Waals surface area contributed by atoms with Crippen molar-refractivity contribution in [3.8, 4) is 0 Å². The van der Waals surface area contributed by atoms with Crippen molar-refractivity contribution in [1.29, 1.82) is 0 Å². The van der Waals surface area contributed by atoms with Crippen molar-refractivity contribution in [2.75, 3.05) is 20.3 Å². The van der Waals surface area contributed by atoms with Gasteiger partial charge in [0.05, 0.1) is 17.1 Å². The Morgan fingerprint density at radius 2 is 2.53 bits per heavy atom. The number of nitrogens with one attached hydrogen (secondary N) is 1. The van der Waals surface area contributed by atoms with Gasteiger partial charge in [0.25, 0.3) is 5.91 Å². The largest absolute Gasteiger partial charge is 0.383 e. The fourth-order valence-corrected chi connectivity index (χ4v) is 1.43. The molecule has 1 rings (SSSR count). The summed E-state index contributed by atoms with van der Waals surface area (Å²) in [6.07, 6.45) is 0. The molecule has 1 aromatic heterocycles. The molecule has 0 spiro atoms. The van der Waals surface area contributed by atoms with Crippen LogP contribution in [0, 0.1) is 6.92 Å². The number of alkyl halides is 1. The summed E-state index contributed by atoms with van der Waals surface area (Å²) in [6, 6.07) is 1.59.